The predicted molar refractivity (Wildman–Crippen MR) is 65.9 cm³/mol. The van der Waals surface area contributed by atoms with E-state index in [4.69, 9.17) is 10.3 Å². The highest BCUT2D eigenvalue weighted by Gasteiger charge is 2.12. The van der Waals surface area contributed by atoms with E-state index in [1.54, 1.807) is 6.20 Å². The Morgan fingerprint density at radius 1 is 1.38 bits per heavy atom. The average molecular weight is 282 g/mol. The van der Waals surface area contributed by atoms with Crippen LogP contribution in [0.5, 0.6) is 0 Å². The summed E-state index contributed by atoms with van der Waals surface area (Å²) in [6, 6.07) is 3.76. The molecular formula is C11H12BrN3O. The highest BCUT2D eigenvalue weighted by Crippen LogP contribution is 2.29. The van der Waals surface area contributed by atoms with Crippen molar-refractivity contribution in [1.29, 1.82) is 0 Å². The molecule has 0 unspecified atom stereocenters. The summed E-state index contributed by atoms with van der Waals surface area (Å²) in [6.07, 6.45) is 1.65. The summed E-state index contributed by atoms with van der Waals surface area (Å²) in [6.45, 7) is 4.12. The lowest BCUT2D eigenvalue weighted by atomic mass is 10.1. The largest absolute Gasteiger partial charge is 0.383 e. The quantitative estimate of drug-likeness (QED) is 0.918. The van der Waals surface area contributed by atoms with Crippen LogP contribution >= 0.6 is 15.9 Å². The number of halogens is 1. The fraction of sp³-hybridized carbons (Fsp3) is 0.273. The average Bonchev–Trinajstić information content (AvgIpc) is 2.70. The molecule has 0 saturated carbocycles. The van der Waals surface area contributed by atoms with Crippen LogP contribution in [0.3, 0.4) is 0 Å². The Bertz CT molecular complexity index is 508. The van der Waals surface area contributed by atoms with Crippen molar-refractivity contribution in [2.75, 3.05) is 5.73 Å². The van der Waals surface area contributed by atoms with Gasteiger partial charge in [0.1, 0.15) is 5.82 Å². The van der Waals surface area contributed by atoms with Gasteiger partial charge in [-0.2, -0.15) is 0 Å². The highest BCUT2D eigenvalue weighted by atomic mass is 79.9. The normalized spacial score (nSPS) is 11.0. The number of hydrogen-bond acceptors (Lipinski definition) is 4. The first-order valence-corrected chi connectivity index (χ1v) is 5.75. The van der Waals surface area contributed by atoms with E-state index < -0.39 is 0 Å². The van der Waals surface area contributed by atoms with Crippen molar-refractivity contribution in [2.45, 2.75) is 19.8 Å². The van der Waals surface area contributed by atoms with Crippen molar-refractivity contribution in [3.63, 3.8) is 0 Å². The van der Waals surface area contributed by atoms with E-state index in [1.807, 2.05) is 12.1 Å². The van der Waals surface area contributed by atoms with Gasteiger partial charge in [0.15, 0.2) is 5.76 Å². The highest BCUT2D eigenvalue weighted by molar-refractivity contribution is 9.10. The van der Waals surface area contributed by atoms with Gasteiger partial charge in [-0.05, 0) is 27.9 Å². The summed E-state index contributed by atoms with van der Waals surface area (Å²) in [5.74, 6) is 1.42. The van der Waals surface area contributed by atoms with Crippen LogP contribution in [0.2, 0.25) is 0 Å². The molecule has 16 heavy (non-hydrogen) atoms. The van der Waals surface area contributed by atoms with E-state index in [0.717, 1.165) is 15.7 Å². The van der Waals surface area contributed by atoms with Gasteiger partial charge in [0.25, 0.3) is 0 Å². The zero-order valence-electron chi connectivity index (χ0n) is 9.07. The van der Waals surface area contributed by atoms with Crippen molar-refractivity contribution in [2.24, 2.45) is 0 Å². The summed E-state index contributed by atoms with van der Waals surface area (Å²) < 4.78 is 6.12. The zero-order chi connectivity index (χ0) is 11.7. The predicted octanol–water partition coefficient (Wildman–Crippen LogP) is 3.20. The van der Waals surface area contributed by atoms with Crippen LogP contribution in [0.1, 0.15) is 25.5 Å². The molecule has 2 aromatic rings. The smallest absolute Gasteiger partial charge is 0.170 e. The number of nitrogens with zero attached hydrogens (tertiary/aromatic N) is 2. The summed E-state index contributed by atoms with van der Waals surface area (Å²) in [4.78, 5) is 4.05. The van der Waals surface area contributed by atoms with Gasteiger partial charge in [0.2, 0.25) is 0 Å². The zero-order valence-corrected chi connectivity index (χ0v) is 10.7. The van der Waals surface area contributed by atoms with Crippen molar-refractivity contribution in [1.82, 2.24) is 10.1 Å². The number of pyridine rings is 1. The summed E-state index contributed by atoms with van der Waals surface area (Å²) in [5.41, 5.74) is 7.46. The van der Waals surface area contributed by atoms with E-state index in [0.29, 0.717) is 17.5 Å². The number of nitrogen functional groups attached to an aromatic ring is 1. The van der Waals surface area contributed by atoms with Crippen LogP contribution in [0.4, 0.5) is 5.82 Å². The van der Waals surface area contributed by atoms with E-state index in [1.165, 1.54) is 0 Å². The lowest BCUT2D eigenvalue weighted by Gasteiger charge is -2.00. The molecule has 2 heterocycles. The minimum Gasteiger partial charge on any atom is -0.383 e. The third-order valence-electron chi connectivity index (χ3n) is 2.27. The number of aromatic nitrogens is 2. The Morgan fingerprint density at radius 3 is 2.75 bits per heavy atom. The van der Waals surface area contributed by atoms with Gasteiger partial charge < -0.3 is 10.3 Å². The first-order valence-electron chi connectivity index (χ1n) is 4.96. The van der Waals surface area contributed by atoms with Gasteiger partial charge in [-0.15, -0.1) is 0 Å². The lowest BCUT2D eigenvalue weighted by Crippen LogP contribution is -1.92. The Balaban J connectivity index is 2.46. The van der Waals surface area contributed by atoms with Crippen LogP contribution in [0.15, 0.2) is 27.3 Å². The summed E-state index contributed by atoms with van der Waals surface area (Å²) in [5, 5.41) is 3.99. The van der Waals surface area contributed by atoms with E-state index in [-0.39, 0.29) is 0 Å². The molecule has 0 fully saturated rings. The Morgan fingerprint density at radius 2 is 2.12 bits per heavy atom. The fourth-order valence-electron chi connectivity index (χ4n) is 1.34. The molecule has 84 valence electrons. The summed E-state index contributed by atoms with van der Waals surface area (Å²) in [7, 11) is 0. The van der Waals surface area contributed by atoms with Gasteiger partial charge in [0, 0.05) is 16.7 Å². The van der Waals surface area contributed by atoms with Crippen LogP contribution in [0.25, 0.3) is 11.3 Å². The summed E-state index contributed by atoms with van der Waals surface area (Å²) >= 11 is 3.35. The van der Waals surface area contributed by atoms with Gasteiger partial charge in [-0.3, -0.25) is 0 Å². The van der Waals surface area contributed by atoms with Crippen molar-refractivity contribution in [3.8, 4) is 11.3 Å². The second kappa shape index (κ2) is 4.25. The minimum atomic E-state index is 0.332. The molecule has 0 aliphatic heterocycles. The number of rotatable bonds is 2. The topological polar surface area (TPSA) is 64.9 Å². The third-order valence-corrected chi connectivity index (χ3v) is 2.70. The number of anilines is 1. The van der Waals surface area contributed by atoms with Gasteiger partial charge >= 0.3 is 0 Å². The number of hydrogen-bond donors (Lipinski definition) is 1. The molecular weight excluding hydrogens is 270 g/mol. The van der Waals surface area contributed by atoms with Gasteiger partial charge in [-0.25, -0.2) is 4.98 Å². The Labute approximate surface area is 102 Å². The second-order valence-corrected chi connectivity index (χ2v) is 4.77. The fourth-order valence-corrected chi connectivity index (χ4v) is 1.67. The Kier molecular flexibility index (Phi) is 2.96. The molecule has 2 aromatic heterocycles. The lowest BCUT2D eigenvalue weighted by molar-refractivity contribution is 0.420. The maximum Gasteiger partial charge on any atom is 0.170 e. The van der Waals surface area contributed by atoms with Crippen LogP contribution in [-0.4, -0.2) is 10.1 Å². The molecule has 2 N–H and O–H groups in total. The maximum absolute atomic E-state index is 5.79. The molecule has 0 atom stereocenters. The SMILES string of the molecule is CC(C)c1cc(-c2cc(Br)cnc2N)on1. The second-order valence-electron chi connectivity index (χ2n) is 3.86. The molecule has 2 rings (SSSR count). The first kappa shape index (κ1) is 11.1. The van der Waals surface area contributed by atoms with Gasteiger partial charge in [-0.1, -0.05) is 19.0 Å². The maximum atomic E-state index is 5.79. The monoisotopic (exact) mass is 281 g/mol. The number of nitrogens with two attached hydrogens (primary N) is 1. The molecule has 0 spiro atoms. The van der Waals surface area contributed by atoms with E-state index >= 15 is 0 Å². The van der Waals surface area contributed by atoms with Crippen molar-refractivity contribution in [3.05, 3.63) is 28.5 Å². The third kappa shape index (κ3) is 2.09. The van der Waals surface area contributed by atoms with Crippen molar-refractivity contribution >= 4 is 21.7 Å². The molecule has 0 aliphatic carbocycles. The van der Waals surface area contributed by atoms with Gasteiger partial charge in [0.05, 0.1) is 11.3 Å². The molecule has 0 aromatic carbocycles. The molecule has 0 radical (unpaired) electrons. The van der Waals surface area contributed by atoms with Crippen LogP contribution < -0.4 is 5.73 Å². The van der Waals surface area contributed by atoms with Crippen LogP contribution in [-0.2, 0) is 0 Å². The van der Waals surface area contributed by atoms with Crippen LogP contribution in [0, 0.1) is 0 Å². The molecule has 0 amide bonds. The Hall–Kier alpha value is -1.36. The first-order chi connectivity index (χ1) is 7.58. The van der Waals surface area contributed by atoms with Crippen molar-refractivity contribution < 1.29 is 4.52 Å². The molecule has 5 heteroatoms. The molecule has 0 aliphatic rings. The molecule has 4 nitrogen and oxygen atoms in total. The molecule has 0 saturated heterocycles. The standard InChI is InChI=1S/C11H12BrN3O/c1-6(2)9-4-10(16-15-9)8-3-7(12)5-14-11(8)13/h3-6H,1-2H3,(H2,13,14). The molecule has 0 bridgehead atoms. The van der Waals surface area contributed by atoms with E-state index in [9.17, 15) is 0 Å². The van der Waals surface area contributed by atoms with E-state index in [2.05, 4.69) is 39.9 Å². The minimum absolute atomic E-state index is 0.332.